The van der Waals surface area contributed by atoms with Crippen molar-refractivity contribution in [2.24, 2.45) is 0 Å². The molecule has 0 bridgehead atoms. The van der Waals surface area contributed by atoms with Crippen LogP contribution in [-0.4, -0.2) is 20.2 Å². The van der Waals surface area contributed by atoms with E-state index in [0.29, 0.717) is 16.5 Å². The normalized spacial score (nSPS) is 11.3. The van der Waals surface area contributed by atoms with E-state index in [0.717, 1.165) is 16.8 Å². The Morgan fingerprint density at radius 1 is 1.08 bits per heavy atom. The fourth-order valence-corrected chi connectivity index (χ4v) is 3.01. The van der Waals surface area contributed by atoms with Crippen molar-refractivity contribution in [1.82, 2.24) is 20.2 Å². The molecule has 136 valence electrons. The zero-order chi connectivity index (χ0) is 18.8. The molecule has 0 aliphatic heterocycles. The number of H-pyrrole nitrogens is 1. The molecule has 26 heavy (non-hydrogen) atoms. The van der Waals surface area contributed by atoms with E-state index < -0.39 is 0 Å². The molecule has 0 saturated carbocycles. The number of aromatic nitrogens is 4. The molecule has 2 aromatic carbocycles. The Kier molecular flexibility index (Phi) is 5.13. The van der Waals surface area contributed by atoms with Gasteiger partial charge in [0.25, 0.3) is 0 Å². The monoisotopic (exact) mass is 372 g/mol. The van der Waals surface area contributed by atoms with Gasteiger partial charge in [0.2, 0.25) is 0 Å². The third-order valence-electron chi connectivity index (χ3n) is 4.13. The number of ether oxygens (including phenoxy) is 1. The molecule has 0 radical (unpaired) electrons. The van der Waals surface area contributed by atoms with Gasteiger partial charge in [0.05, 0.1) is 10.7 Å². The summed E-state index contributed by atoms with van der Waals surface area (Å²) in [5, 5.41) is 10.5. The van der Waals surface area contributed by atoms with Crippen LogP contribution in [0.3, 0.4) is 0 Å². The fraction of sp³-hybridized carbons (Fsp3) is 0.316. The van der Waals surface area contributed by atoms with Crippen molar-refractivity contribution in [2.45, 2.75) is 39.5 Å². The molecule has 0 fully saturated rings. The van der Waals surface area contributed by atoms with E-state index in [1.165, 1.54) is 4.68 Å². The zero-order valence-electron chi connectivity index (χ0n) is 15.2. The fourth-order valence-electron chi connectivity index (χ4n) is 2.83. The number of para-hydroxylation sites is 1. The summed E-state index contributed by atoms with van der Waals surface area (Å²) in [4.78, 5) is 12.1. The molecule has 0 aliphatic carbocycles. The van der Waals surface area contributed by atoms with Gasteiger partial charge in [0, 0.05) is 0 Å². The lowest BCUT2D eigenvalue weighted by Crippen LogP contribution is -2.20. The lowest BCUT2D eigenvalue weighted by atomic mass is 9.92. The minimum Gasteiger partial charge on any atom is -0.456 e. The maximum atomic E-state index is 12.1. The second kappa shape index (κ2) is 7.33. The summed E-state index contributed by atoms with van der Waals surface area (Å²) in [6.07, 6.45) is 0. The molecule has 3 rings (SSSR count). The Bertz CT molecular complexity index is 946. The van der Waals surface area contributed by atoms with Crippen molar-refractivity contribution < 1.29 is 4.74 Å². The smallest absolute Gasteiger partial charge is 0.365 e. The first kappa shape index (κ1) is 18.2. The topological polar surface area (TPSA) is 72.8 Å². The van der Waals surface area contributed by atoms with Crippen molar-refractivity contribution in [3.8, 4) is 17.2 Å². The van der Waals surface area contributed by atoms with Crippen LogP contribution in [0.15, 0.2) is 41.2 Å². The highest BCUT2D eigenvalue weighted by atomic mass is 35.5. The van der Waals surface area contributed by atoms with Crippen molar-refractivity contribution in [3.05, 3.63) is 63.0 Å². The van der Waals surface area contributed by atoms with Gasteiger partial charge in [-0.05, 0) is 57.7 Å². The summed E-state index contributed by atoms with van der Waals surface area (Å²) < 4.78 is 7.34. The van der Waals surface area contributed by atoms with Crippen molar-refractivity contribution in [3.63, 3.8) is 0 Å². The van der Waals surface area contributed by atoms with Crippen LogP contribution in [0, 0.1) is 0 Å². The van der Waals surface area contributed by atoms with Crippen LogP contribution in [0.4, 0.5) is 0 Å². The maximum Gasteiger partial charge on any atom is 0.365 e. The molecule has 7 heteroatoms. The van der Waals surface area contributed by atoms with E-state index in [-0.39, 0.29) is 17.5 Å². The molecule has 0 aliphatic rings. The number of benzene rings is 2. The first-order valence-corrected chi connectivity index (χ1v) is 8.87. The average Bonchev–Trinajstić information content (AvgIpc) is 3.01. The molecule has 0 unspecified atom stereocenters. The van der Waals surface area contributed by atoms with Gasteiger partial charge in [-0.2, -0.15) is 4.68 Å². The SMILES string of the molecule is CC(C)c1cc(Oc2ccccc2Cl)cc(C(C)C)c1-n1nn[nH]c1=O. The standard InChI is InChI=1S/C19H21ClN4O2/c1-11(2)14-9-13(26-17-8-6-5-7-16(17)20)10-15(12(3)4)18(14)24-19(25)21-22-23-24/h5-12H,1-4H3,(H,21,23,25). The molecule has 6 nitrogen and oxygen atoms in total. The highest BCUT2D eigenvalue weighted by Crippen LogP contribution is 2.37. The van der Waals surface area contributed by atoms with Gasteiger partial charge in [-0.3, -0.25) is 0 Å². The third kappa shape index (κ3) is 3.51. The van der Waals surface area contributed by atoms with Crippen LogP contribution >= 0.6 is 11.6 Å². The van der Waals surface area contributed by atoms with E-state index in [1.54, 1.807) is 6.07 Å². The molecule has 0 saturated heterocycles. The van der Waals surface area contributed by atoms with E-state index in [9.17, 15) is 4.79 Å². The number of hydrogen-bond acceptors (Lipinski definition) is 4. The number of aromatic amines is 1. The number of halogens is 1. The molecular weight excluding hydrogens is 352 g/mol. The van der Waals surface area contributed by atoms with Crippen molar-refractivity contribution in [2.75, 3.05) is 0 Å². The summed E-state index contributed by atoms with van der Waals surface area (Å²) >= 11 is 6.22. The molecule has 3 aromatic rings. The van der Waals surface area contributed by atoms with Gasteiger partial charge in [0.15, 0.2) is 0 Å². The average molecular weight is 373 g/mol. The Morgan fingerprint density at radius 3 is 2.19 bits per heavy atom. The third-order valence-corrected chi connectivity index (χ3v) is 4.45. The summed E-state index contributed by atoms with van der Waals surface area (Å²) in [5.41, 5.74) is 2.29. The van der Waals surface area contributed by atoms with E-state index in [2.05, 4.69) is 43.2 Å². The summed E-state index contributed by atoms with van der Waals surface area (Å²) in [6, 6.07) is 11.2. The molecule has 0 amide bonds. The first-order valence-electron chi connectivity index (χ1n) is 8.49. The Morgan fingerprint density at radius 2 is 1.69 bits per heavy atom. The van der Waals surface area contributed by atoms with Crippen LogP contribution in [0.2, 0.25) is 5.02 Å². The number of rotatable bonds is 5. The van der Waals surface area contributed by atoms with Crippen LogP contribution in [0.5, 0.6) is 11.5 Å². The lowest BCUT2D eigenvalue weighted by Gasteiger charge is -2.20. The first-order chi connectivity index (χ1) is 12.4. The second-order valence-electron chi connectivity index (χ2n) is 6.71. The van der Waals surface area contributed by atoms with Crippen LogP contribution in [-0.2, 0) is 0 Å². The highest BCUT2D eigenvalue weighted by Gasteiger charge is 2.21. The van der Waals surface area contributed by atoms with E-state index in [4.69, 9.17) is 16.3 Å². The Labute approximate surface area is 156 Å². The second-order valence-corrected chi connectivity index (χ2v) is 7.12. The van der Waals surface area contributed by atoms with Gasteiger partial charge in [0.1, 0.15) is 11.5 Å². The molecule has 0 spiro atoms. The molecular formula is C19H21ClN4O2. The molecule has 1 heterocycles. The number of tetrazole rings is 1. The van der Waals surface area contributed by atoms with E-state index >= 15 is 0 Å². The van der Waals surface area contributed by atoms with Gasteiger partial charge < -0.3 is 4.74 Å². The summed E-state index contributed by atoms with van der Waals surface area (Å²) in [7, 11) is 0. The highest BCUT2D eigenvalue weighted by molar-refractivity contribution is 6.32. The van der Waals surface area contributed by atoms with Gasteiger partial charge in [-0.15, -0.1) is 0 Å². The largest absolute Gasteiger partial charge is 0.456 e. The summed E-state index contributed by atoms with van der Waals surface area (Å²) in [5.74, 6) is 1.57. The molecule has 1 aromatic heterocycles. The number of nitrogens with one attached hydrogen (secondary N) is 1. The minimum atomic E-state index is -0.367. The van der Waals surface area contributed by atoms with Gasteiger partial charge in [-0.25, -0.2) is 9.89 Å². The van der Waals surface area contributed by atoms with Crippen LogP contribution in [0.25, 0.3) is 5.69 Å². The molecule has 0 atom stereocenters. The van der Waals surface area contributed by atoms with Crippen LogP contribution < -0.4 is 10.4 Å². The summed E-state index contributed by atoms with van der Waals surface area (Å²) in [6.45, 7) is 8.25. The quantitative estimate of drug-likeness (QED) is 0.707. The van der Waals surface area contributed by atoms with Crippen molar-refractivity contribution in [1.29, 1.82) is 0 Å². The maximum absolute atomic E-state index is 12.1. The lowest BCUT2D eigenvalue weighted by molar-refractivity contribution is 0.480. The Balaban J connectivity index is 2.19. The van der Waals surface area contributed by atoms with Gasteiger partial charge >= 0.3 is 5.69 Å². The number of hydrogen-bond donors (Lipinski definition) is 1. The number of nitrogens with zero attached hydrogens (tertiary/aromatic N) is 3. The predicted molar refractivity (Wildman–Crippen MR) is 102 cm³/mol. The molecule has 1 N–H and O–H groups in total. The van der Waals surface area contributed by atoms with Crippen LogP contribution in [0.1, 0.15) is 50.7 Å². The Hall–Kier alpha value is -2.60. The van der Waals surface area contributed by atoms with E-state index in [1.807, 2.05) is 30.3 Å². The predicted octanol–water partition coefficient (Wildman–Crippen LogP) is 4.65. The minimum absolute atomic E-state index is 0.154. The van der Waals surface area contributed by atoms with Crippen molar-refractivity contribution >= 4 is 11.6 Å². The zero-order valence-corrected chi connectivity index (χ0v) is 15.9. The van der Waals surface area contributed by atoms with Gasteiger partial charge in [-0.1, -0.05) is 51.4 Å².